The van der Waals surface area contributed by atoms with E-state index in [-0.39, 0.29) is 10.8 Å². The first-order valence-corrected chi connectivity index (χ1v) is 18.6. The van der Waals surface area contributed by atoms with Crippen molar-refractivity contribution in [1.82, 2.24) is 9.13 Å². The lowest BCUT2D eigenvalue weighted by Crippen LogP contribution is -2.33. The monoisotopic (exact) mass is 620 g/mol. The minimum atomic E-state index is 0.0422. The molecule has 0 N–H and O–H groups in total. The molecule has 46 heavy (non-hydrogen) atoms. The predicted octanol–water partition coefficient (Wildman–Crippen LogP) is 10.9. The highest BCUT2D eigenvalue weighted by Crippen LogP contribution is 2.47. The van der Waals surface area contributed by atoms with Gasteiger partial charge in [-0.25, -0.2) is 18.3 Å². The number of nitrogens with zero attached hydrogens (tertiary/aromatic N) is 4. The highest BCUT2D eigenvalue weighted by atomic mass is 15.1. The van der Waals surface area contributed by atoms with Crippen molar-refractivity contribution in [3.63, 3.8) is 0 Å². The minimum Gasteiger partial charge on any atom is -0.229 e. The van der Waals surface area contributed by atoms with Gasteiger partial charge in [-0.15, -0.1) is 0 Å². The fraction of sp³-hybridized carbons (Fsp3) is 0.571. The SMILES string of the molecule is CCCCn1c[n+](CCCC)c2c3cc(C(C)(C)C)cc4c3c3c(cc(C(C)(C)C)cc3c3c4[n+](CCCC)cn3CCCC)c21. The van der Waals surface area contributed by atoms with Crippen LogP contribution in [-0.4, -0.2) is 9.13 Å². The molecule has 6 rings (SSSR count). The number of aryl methyl sites for hydroxylation is 4. The average molecular weight is 621 g/mol. The minimum absolute atomic E-state index is 0.0422. The summed E-state index contributed by atoms with van der Waals surface area (Å²) in [7, 11) is 0. The molecule has 0 aliphatic carbocycles. The van der Waals surface area contributed by atoms with Crippen molar-refractivity contribution in [3.05, 3.63) is 48.0 Å². The van der Waals surface area contributed by atoms with Crippen LogP contribution >= 0.6 is 0 Å². The van der Waals surface area contributed by atoms with Crippen LogP contribution in [0, 0.1) is 0 Å². The van der Waals surface area contributed by atoms with Gasteiger partial charge in [0.05, 0.1) is 26.2 Å². The Labute approximate surface area is 277 Å². The van der Waals surface area contributed by atoms with Crippen molar-refractivity contribution in [2.24, 2.45) is 0 Å². The molecule has 0 amide bonds. The molecule has 0 radical (unpaired) electrons. The van der Waals surface area contributed by atoms with Crippen molar-refractivity contribution >= 4 is 54.4 Å². The third kappa shape index (κ3) is 5.48. The third-order valence-corrected chi connectivity index (χ3v) is 10.4. The lowest BCUT2D eigenvalue weighted by molar-refractivity contribution is -0.672. The molecule has 0 aliphatic heterocycles. The van der Waals surface area contributed by atoms with Gasteiger partial charge in [0.15, 0.2) is 22.1 Å². The van der Waals surface area contributed by atoms with Gasteiger partial charge >= 0.3 is 0 Å². The van der Waals surface area contributed by atoms with Crippen LogP contribution in [0.4, 0.5) is 0 Å². The Kier molecular flexibility index (Phi) is 8.89. The molecule has 0 bridgehead atoms. The summed E-state index contributed by atoms with van der Waals surface area (Å²) in [6, 6.07) is 10.3. The van der Waals surface area contributed by atoms with E-state index in [1.807, 2.05) is 0 Å². The first-order valence-electron chi connectivity index (χ1n) is 18.6. The molecule has 2 heterocycles. The van der Waals surface area contributed by atoms with Crippen LogP contribution < -0.4 is 9.13 Å². The molecule has 4 heteroatoms. The molecule has 0 aliphatic rings. The van der Waals surface area contributed by atoms with Gasteiger partial charge in [-0.2, -0.15) is 0 Å². The van der Waals surface area contributed by atoms with Crippen LogP contribution in [0.25, 0.3) is 54.4 Å². The van der Waals surface area contributed by atoms with Crippen molar-refractivity contribution in [2.75, 3.05) is 0 Å². The van der Waals surface area contributed by atoms with Gasteiger partial charge in [-0.3, -0.25) is 0 Å². The van der Waals surface area contributed by atoms with Gasteiger partial charge in [0.25, 0.3) is 0 Å². The zero-order valence-electron chi connectivity index (χ0n) is 30.7. The normalized spacial score (nSPS) is 13.2. The summed E-state index contributed by atoms with van der Waals surface area (Å²) in [4.78, 5) is 0. The van der Waals surface area contributed by atoms with Crippen LogP contribution in [0.2, 0.25) is 0 Å². The Bertz CT molecular complexity index is 1740. The average Bonchev–Trinajstić information content (AvgIpc) is 3.57. The van der Waals surface area contributed by atoms with Gasteiger partial charge in [-0.05, 0) is 71.9 Å². The highest BCUT2D eigenvalue weighted by Gasteiger charge is 2.32. The van der Waals surface area contributed by atoms with Gasteiger partial charge in [0.1, 0.15) is 0 Å². The summed E-state index contributed by atoms with van der Waals surface area (Å²) in [6.07, 6.45) is 14.5. The number of hydrogen-bond acceptors (Lipinski definition) is 0. The smallest absolute Gasteiger partial charge is 0.229 e. The standard InChI is InChI=1S/C42H60N4/c1-11-15-19-43-27-44(20-16-12-2)38-32-24-30(42(8,9)10)26-34-36(32)35-31(37(38)43)23-29(41(5,6)7)25-33(35)39-40(34)46(22-18-14-4)28-45(39)21-17-13-3/h23-28H,11-22H2,1-10H3/q+2. The Hall–Kier alpha value is -3.14. The van der Waals surface area contributed by atoms with E-state index in [4.69, 9.17) is 0 Å². The van der Waals surface area contributed by atoms with Gasteiger partial charge in [-0.1, -0.05) is 94.9 Å². The molecule has 4 aromatic carbocycles. The van der Waals surface area contributed by atoms with E-state index in [1.54, 1.807) is 0 Å². The maximum absolute atomic E-state index is 2.62. The number of fused-ring (bicyclic) bond motifs is 6. The number of aromatic nitrogens is 4. The number of rotatable bonds is 12. The molecule has 0 unspecified atom stereocenters. The maximum atomic E-state index is 2.62. The van der Waals surface area contributed by atoms with E-state index < -0.39 is 0 Å². The van der Waals surface area contributed by atoms with Crippen molar-refractivity contribution in [3.8, 4) is 0 Å². The van der Waals surface area contributed by atoms with Gasteiger partial charge in [0.2, 0.25) is 12.7 Å². The molecular weight excluding hydrogens is 560 g/mol. The van der Waals surface area contributed by atoms with Crippen molar-refractivity contribution in [2.45, 2.75) is 158 Å². The second-order valence-electron chi connectivity index (χ2n) is 16.2. The largest absolute Gasteiger partial charge is 0.244 e. The number of imidazole rings is 2. The van der Waals surface area contributed by atoms with Gasteiger partial charge in [0, 0.05) is 32.3 Å². The van der Waals surface area contributed by atoms with Crippen molar-refractivity contribution < 1.29 is 9.13 Å². The highest BCUT2D eigenvalue weighted by molar-refractivity contribution is 6.37. The van der Waals surface area contributed by atoms with Gasteiger partial charge < -0.3 is 0 Å². The van der Waals surface area contributed by atoms with E-state index in [9.17, 15) is 0 Å². The molecule has 0 saturated heterocycles. The first-order chi connectivity index (χ1) is 21.9. The molecule has 2 aromatic heterocycles. The quantitative estimate of drug-likeness (QED) is 0.0957. The zero-order valence-corrected chi connectivity index (χ0v) is 30.7. The van der Waals surface area contributed by atoms with E-state index in [1.165, 1.54) is 117 Å². The first kappa shape index (κ1) is 32.8. The molecule has 0 spiro atoms. The maximum Gasteiger partial charge on any atom is 0.244 e. The Morgan fingerprint density at radius 1 is 0.500 bits per heavy atom. The zero-order chi connectivity index (χ0) is 33.0. The van der Waals surface area contributed by atoms with E-state index in [0.29, 0.717) is 0 Å². The summed E-state index contributed by atoms with van der Waals surface area (Å²) in [5.41, 5.74) is 8.69. The Balaban J connectivity index is 1.95. The molecule has 0 saturated carbocycles. The topological polar surface area (TPSA) is 17.6 Å². The summed E-state index contributed by atoms with van der Waals surface area (Å²) < 4.78 is 10.5. The Morgan fingerprint density at radius 2 is 0.848 bits per heavy atom. The molecule has 0 atom stereocenters. The lowest BCUT2D eigenvalue weighted by Gasteiger charge is -2.24. The van der Waals surface area contributed by atoms with Crippen LogP contribution in [0.1, 0.15) is 132 Å². The summed E-state index contributed by atoms with van der Waals surface area (Å²) >= 11 is 0. The third-order valence-electron chi connectivity index (χ3n) is 10.4. The number of unbranched alkanes of at least 4 members (excludes halogenated alkanes) is 4. The summed E-state index contributed by atoms with van der Waals surface area (Å²) in [5.74, 6) is 0. The molecule has 0 fully saturated rings. The van der Waals surface area contributed by atoms with Crippen LogP contribution in [0.15, 0.2) is 36.9 Å². The number of benzene rings is 4. The fourth-order valence-electron chi connectivity index (χ4n) is 7.67. The van der Waals surface area contributed by atoms with E-state index >= 15 is 0 Å². The van der Waals surface area contributed by atoms with Crippen LogP contribution in [-0.2, 0) is 37.0 Å². The van der Waals surface area contributed by atoms with Crippen LogP contribution in [0.5, 0.6) is 0 Å². The summed E-state index contributed by atoms with van der Waals surface area (Å²) in [5, 5.41) is 8.70. The fourth-order valence-corrected chi connectivity index (χ4v) is 7.67. The second-order valence-corrected chi connectivity index (χ2v) is 16.2. The van der Waals surface area contributed by atoms with E-state index in [2.05, 4.69) is 124 Å². The Morgan fingerprint density at radius 3 is 1.20 bits per heavy atom. The molecular formula is C42H60N4+2. The number of hydrogen-bond donors (Lipinski definition) is 0. The second kappa shape index (κ2) is 12.5. The predicted molar refractivity (Wildman–Crippen MR) is 199 cm³/mol. The lowest BCUT2D eigenvalue weighted by atomic mass is 9.80. The summed E-state index contributed by atoms with van der Waals surface area (Å²) in [6.45, 7) is 27.8. The van der Waals surface area contributed by atoms with E-state index in [0.717, 1.165) is 26.2 Å². The molecule has 6 aromatic rings. The molecule has 4 nitrogen and oxygen atoms in total. The van der Waals surface area contributed by atoms with Crippen molar-refractivity contribution in [1.29, 1.82) is 0 Å². The van der Waals surface area contributed by atoms with Crippen LogP contribution in [0.3, 0.4) is 0 Å². The molecule has 246 valence electrons.